The van der Waals surface area contributed by atoms with Crippen LogP contribution in [0.25, 0.3) is 0 Å². The first-order valence-corrected chi connectivity index (χ1v) is 4.86. The molecule has 2 heterocycles. The minimum atomic E-state index is -0.447. The summed E-state index contributed by atoms with van der Waals surface area (Å²) in [4.78, 5) is 47.3. The molecule has 1 fully saturated rings. The summed E-state index contributed by atoms with van der Waals surface area (Å²) in [5.41, 5.74) is 0.191. The van der Waals surface area contributed by atoms with E-state index >= 15 is 0 Å². The standard InChI is InChI=1S/C10H10N2O4/c1-11-9(15)4-6(10(11)16)5-12-7(13)2-3-8(12)14/h4H,2-3,5H2,1H3. The number of nitrogens with zero attached hydrogens (tertiary/aromatic N) is 2. The molecule has 1 saturated heterocycles. The number of likely N-dealkylation sites (tertiary alicyclic amines) is 1. The van der Waals surface area contributed by atoms with E-state index < -0.39 is 11.8 Å². The molecule has 16 heavy (non-hydrogen) atoms. The van der Waals surface area contributed by atoms with Gasteiger partial charge >= 0.3 is 0 Å². The molecule has 0 N–H and O–H groups in total. The van der Waals surface area contributed by atoms with Crippen LogP contribution in [0.3, 0.4) is 0 Å². The first-order chi connectivity index (χ1) is 7.50. The molecule has 0 aliphatic carbocycles. The highest BCUT2D eigenvalue weighted by atomic mass is 16.2. The van der Waals surface area contributed by atoms with Gasteiger partial charge < -0.3 is 0 Å². The molecule has 0 saturated carbocycles. The smallest absolute Gasteiger partial charge is 0.258 e. The molecule has 84 valence electrons. The van der Waals surface area contributed by atoms with Crippen LogP contribution in [0.1, 0.15) is 12.8 Å². The zero-order valence-electron chi connectivity index (χ0n) is 8.73. The Hall–Kier alpha value is -1.98. The number of rotatable bonds is 2. The number of likely N-dealkylation sites (N-methyl/N-ethyl adjacent to an activating group) is 1. The Balaban J connectivity index is 2.14. The molecule has 4 amide bonds. The molecular formula is C10H10N2O4. The Morgan fingerprint density at radius 1 is 1.12 bits per heavy atom. The maximum Gasteiger partial charge on any atom is 0.258 e. The maximum atomic E-state index is 11.5. The molecule has 0 aromatic carbocycles. The van der Waals surface area contributed by atoms with Crippen LogP contribution in [0, 0.1) is 0 Å². The molecule has 6 heteroatoms. The fourth-order valence-corrected chi connectivity index (χ4v) is 1.71. The average Bonchev–Trinajstić information content (AvgIpc) is 2.67. The number of hydrogen-bond acceptors (Lipinski definition) is 4. The first-order valence-electron chi connectivity index (χ1n) is 4.86. The monoisotopic (exact) mass is 222 g/mol. The molecule has 2 aliphatic heterocycles. The van der Waals surface area contributed by atoms with Gasteiger partial charge in [0, 0.05) is 31.5 Å². The first kappa shape index (κ1) is 10.5. The number of amides is 4. The SMILES string of the molecule is CN1C(=O)C=C(CN2C(=O)CCC2=O)C1=O. The van der Waals surface area contributed by atoms with Crippen LogP contribution in [0.4, 0.5) is 0 Å². The Kier molecular flexibility index (Phi) is 2.34. The van der Waals surface area contributed by atoms with Crippen LogP contribution < -0.4 is 0 Å². The number of imide groups is 2. The Morgan fingerprint density at radius 3 is 2.12 bits per heavy atom. The lowest BCUT2D eigenvalue weighted by molar-refractivity contribution is -0.137. The lowest BCUT2D eigenvalue weighted by Gasteiger charge is -2.14. The average molecular weight is 222 g/mol. The normalized spacial score (nSPS) is 21.2. The van der Waals surface area contributed by atoms with Crippen LogP contribution in [-0.2, 0) is 19.2 Å². The van der Waals surface area contributed by atoms with Crippen molar-refractivity contribution in [2.24, 2.45) is 0 Å². The zero-order chi connectivity index (χ0) is 11.9. The third-order valence-electron chi connectivity index (χ3n) is 2.69. The van der Waals surface area contributed by atoms with Crippen LogP contribution in [0.5, 0.6) is 0 Å². The largest absolute Gasteiger partial charge is 0.278 e. The molecule has 0 bridgehead atoms. The van der Waals surface area contributed by atoms with Gasteiger partial charge in [-0.1, -0.05) is 0 Å². The molecule has 0 unspecified atom stereocenters. The number of carbonyl (C=O) groups excluding carboxylic acids is 4. The van der Waals surface area contributed by atoms with E-state index in [0.29, 0.717) is 0 Å². The second-order valence-corrected chi connectivity index (χ2v) is 3.75. The summed E-state index contributed by atoms with van der Waals surface area (Å²) >= 11 is 0. The van der Waals surface area contributed by atoms with Crippen molar-refractivity contribution >= 4 is 23.6 Å². The van der Waals surface area contributed by atoms with Crippen molar-refractivity contribution in [1.29, 1.82) is 0 Å². The minimum Gasteiger partial charge on any atom is -0.278 e. The van der Waals surface area contributed by atoms with Crippen molar-refractivity contribution in [2.45, 2.75) is 12.8 Å². The van der Waals surface area contributed by atoms with Gasteiger partial charge in [-0.2, -0.15) is 0 Å². The Labute approximate surface area is 91.5 Å². The highest BCUT2D eigenvalue weighted by Gasteiger charge is 2.34. The fourth-order valence-electron chi connectivity index (χ4n) is 1.71. The number of carbonyl (C=O) groups is 4. The summed E-state index contributed by atoms with van der Waals surface area (Å²) in [6.45, 7) is -0.0907. The van der Waals surface area contributed by atoms with Crippen LogP contribution in [-0.4, -0.2) is 47.0 Å². The molecule has 0 atom stereocenters. The van der Waals surface area contributed by atoms with Gasteiger partial charge in [0.1, 0.15) is 0 Å². The van der Waals surface area contributed by atoms with Gasteiger partial charge in [-0.05, 0) is 0 Å². The molecular weight excluding hydrogens is 212 g/mol. The van der Waals surface area contributed by atoms with E-state index in [1.54, 1.807) is 0 Å². The van der Waals surface area contributed by atoms with E-state index in [1.807, 2.05) is 0 Å². The lowest BCUT2D eigenvalue weighted by atomic mass is 10.2. The van der Waals surface area contributed by atoms with Crippen LogP contribution >= 0.6 is 0 Å². The van der Waals surface area contributed by atoms with E-state index in [4.69, 9.17) is 0 Å². The predicted octanol–water partition coefficient (Wildman–Crippen LogP) is -0.940. The third-order valence-corrected chi connectivity index (χ3v) is 2.69. The third kappa shape index (κ3) is 1.52. The number of hydrogen-bond donors (Lipinski definition) is 0. The van der Waals surface area contributed by atoms with E-state index in [0.717, 1.165) is 9.80 Å². The van der Waals surface area contributed by atoms with Crippen LogP contribution in [0.2, 0.25) is 0 Å². The highest BCUT2D eigenvalue weighted by molar-refractivity contribution is 6.16. The summed E-state index contributed by atoms with van der Waals surface area (Å²) in [6, 6.07) is 0. The minimum absolute atomic E-state index is 0.0907. The van der Waals surface area contributed by atoms with E-state index in [2.05, 4.69) is 0 Å². The molecule has 6 nitrogen and oxygen atoms in total. The molecule has 0 spiro atoms. The molecule has 0 aromatic rings. The van der Waals surface area contributed by atoms with E-state index in [1.165, 1.54) is 13.1 Å². The quantitative estimate of drug-likeness (QED) is 0.565. The molecule has 0 radical (unpaired) electrons. The zero-order valence-corrected chi connectivity index (χ0v) is 8.73. The van der Waals surface area contributed by atoms with Crippen molar-refractivity contribution < 1.29 is 19.2 Å². The van der Waals surface area contributed by atoms with Gasteiger partial charge in [0.15, 0.2) is 0 Å². The van der Waals surface area contributed by atoms with Crippen LogP contribution in [0.15, 0.2) is 11.6 Å². The Morgan fingerprint density at radius 2 is 1.69 bits per heavy atom. The summed E-state index contributed by atoms with van der Waals surface area (Å²) in [5, 5.41) is 0. The van der Waals surface area contributed by atoms with Crippen molar-refractivity contribution in [3.05, 3.63) is 11.6 Å². The van der Waals surface area contributed by atoms with Gasteiger partial charge in [0.2, 0.25) is 11.8 Å². The maximum absolute atomic E-state index is 11.5. The van der Waals surface area contributed by atoms with Crippen molar-refractivity contribution in [3.63, 3.8) is 0 Å². The van der Waals surface area contributed by atoms with Crippen molar-refractivity contribution in [3.8, 4) is 0 Å². The fraction of sp³-hybridized carbons (Fsp3) is 0.400. The predicted molar refractivity (Wildman–Crippen MR) is 51.8 cm³/mol. The summed E-state index contributed by atoms with van der Waals surface area (Å²) < 4.78 is 0. The van der Waals surface area contributed by atoms with Gasteiger partial charge in [-0.3, -0.25) is 29.0 Å². The van der Waals surface area contributed by atoms with Gasteiger partial charge in [-0.15, -0.1) is 0 Å². The summed E-state index contributed by atoms with van der Waals surface area (Å²) in [6.07, 6.45) is 1.54. The van der Waals surface area contributed by atoms with Gasteiger partial charge in [0.05, 0.1) is 6.54 Å². The molecule has 0 aromatic heterocycles. The van der Waals surface area contributed by atoms with Crippen molar-refractivity contribution in [2.75, 3.05) is 13.6 Å². The molecule has 2 rings (SSSR count). The lowest BCUT2D eigenvalue weighted by Crippen LogP contribution is -2.34. The summed E-state index contributed by atoms with van der Waals surface area (Å²) in [7, 11) is 1.36. The highest BCUT2D eigenvalue weighted by Crippen LogP contribution is 2.17. The van der Waals surface area contributed by atoms with Gasteiger partial charge in [-0.25, -0.2) is 0 Å². The van der Waals surface area contributed by atoms with E-state index in [9.17, 15) is 19.2 Å². The molecule has 2 aliphatic rings. The summed E-state index contributed by atoms with van der Waals surface area (Å²) in [5.74, 6) is -1.45. The van der Waals surface area contributed by atoms with E-state index in [-0.39, 0.29) is 36.8 Å². The topological polar surface area (TPSA) is 74.8 Å². The van der Waals surface area contributed by atoms with Crippen molar-refractivity contribution in [1.82, 2.24) is 9.80 Å². The Bertz CT molecular complexity index is 422. The second kappa shape index (κ2) is 3.55. The second-order valence-electron chi connectivity index (χ2n) is 3.75. The van der Waals surface area contributed by atoms with Gasteiger partial charge in [0.25, 0.3) is 11.8 Å².